The molecule has 0 radical (unpaired) electrons. The molecule has 1 aliphatic rings. The zero-order chi connectivity index (χ0) is 13.8. The molecule has 2 atom stereocenters. The van der Waals surface area contributed by atoms with Crippen molar-refractivity contribution in [3.05, 3.63) is 24.0 Å². The van der Waals surface area contributed by atoms with Gasteiger partial charge in [0.2, 0.25) is 0 Å². The third kappa shape index (κ3) is 3.23. The SMILES string of the molecule is CCNc1ccnc(C(=O)N2CCC(O)C(C)C2)c1. The van der Waals surface area contributed by atoms with Gasteiger partial charge in [0.1, 0.15) is 5.69 Å². The number of piperidine rings is 1. The third-order valence-electron chi connectivity index (χ3n) is 3.51. The van der Waals surface area contributed by atoms with Crippen LogP contribution in [0.3, 0.4) is 0 Å². The molecule has 0 spiro atoms. The molecule has 1 fully saturated rings. The van der Waals surface area contributed by atoms with Crippen molar-refractivity contribution in [1.82, 2.24) is 9.88 Å². The zero-order valence-corrected chi connectivity index (χ0v) is 11.5. The Bertz CT molecular complexity index is 450. The van der Waals surface area contributed by atoms with E-state index >= 15 is 0 Å². The maximum absolute atomic E-state index is 12.4. The molecular weight excluding hydrogens is 242 g/mol. The minimum atomic E-state index is -0.301. The summed E-state index contributed by atoms with van der Waals surface area (Å²) in [7, 11) is 0. The number of likely N-dealkylation sites (tertiary alicyclic amines) is 1. The van der Waals surface area contributed by atoms with Crippen LogP contribution in [0.4, 0.5) is 5.69 Å². The summed E-state index contributed by atoms with van der Waals surface area (Å²) < 4.78 is 0. The van der Waals surface area contributed by atoms with Crippen molar-refractivity contribution in [2.24, 2.45) is 5.92 Å². The number of rotatable bonds is 3. The largest absolute Gasteiger partial charge is 0.393 e. The summed E-state index contributed by atoms with van der Waals surface area (Å²) in [4.78, 5) is 18.3. The highest BCUT2D eigenvalue weighted by Crippen LogP contribution is 2.19. The summed E-state index contributed by atoms with van der Waals surface area (Å²) >= 11 is 0. The first kappa shape index (κ1) is 13.8. The van der Waals surface area contributed by atoms with Gasteiger partial charge in [0.25, 0.3) is 5.91 Å². The zero-order valence-electron chi connectivity index (χ0n) is 11.5. The highest BCUT2D eigenvalue weighted by Gasteiger charge is 2.28. The fourth-order valence-corrected chi connectivity index (χ4v) is 2.34. The van der Waals surface area contributed by atoms with Crippen LogP contribution in [0.1, 0.15) is 30.8 Å². The van der Waals surface area contributed by atoms with E-state index in [1.807, 2.05) is 19.9 Å². The van der Waals surface area contributed by atoms with Gasteiger partial charge in [-0.3, -0.25) is 9.78 Å². The van der Waals surface area contributed by atoms with Crippen LogP contribution in [0.15, 0.2) is 18.3 Å². The molecule has 2 N–H and O–H groups in total. The maximum atomic E-state index is 12.4. The number of aliphatic hydroxyl groups is 1. The van der Waals surface area contributed by atoms with Crippen LogP contribution < -0.4 is 5.32 Å². The molecule has 1 saturated heterocycles. The van der Waals surface area contributed by atoms with Gasteiger partial charge in [-0.1, -0.05) is 6.92 Å². The number of pyridine rings is 1. The summed E-state index contributed by atoms with van der Waals surface area (Å²) in [6, 6.07) is 3.63. The van der Waals surface area contributed by atoms with Crippen LogP contribution in [0, 0.1) is 5.92 Å². The molecule has 1 aromatic rings. The Balaban J connectivity index is 2.09. The first-order chi connectivity index (χ1) is 9.11. The van der Waals surface area contributed by atoms with Crippen LogP contribution in [-0.2, 0) is 0 Å². The number of aliphatic hydroxyl groups excluding tert-OH is 1. The number of anilines is 1. The van der Waals surface area contributed by atoms with Gasteiger partial charge < -0.3 is 15.3 Å². The highest BCUT2D eigenvalue weighted by molar-refractivity contribution is 5.93. The summed E-state index contributed by atoms with van der Waals surface area (Å²) in [6.45, 7) is 5.97. The van der Waals surface area contributed by atoms with Crippen molar-refractivity contribution < 1.29 is 9.90 Å². The lowest BCUT2D eigenvalue weighted by atomic mass is 9.96. The minimum absolute atomic E-state index is 0.0569. The van der Waals surface area contributed by atoms with E-state index in [1.54, 1.807) is 17.2 Å². The molecule has 0 bridgehead atoms. The van der Waals surface area contributed by atoms with Crippen molar-refractivity contribution in [2.75, 3.05) is 25.0 Å². The number of hydrogen-bond donors (Lipinski definition) is 2. The summed E-state index contributed by atoms with van der Waals surface area (Å²) in [6.07, 6.45) is 1.98. The first-order valence-electron chi connectivity index (χ1n) is 6.79. The Morgan fingerprint density at radius 1 is 1.63 bits per heavy atom. The van der Waals surface area contributed by atoms with Gasteiger partial charge in [-0.2, -0.15) is 0 Å². The Labute approximate surface area is 113 Å². The smallest absolute Gasteiger partial charge is 0.272 e. The lowest BCUT2D eigenvalue weighted by Crippen LogP contribution is -2.45. The quantitative estimate of drug-likeness (QED) is 0.864. The van der Waals surface area contributed by atoms with E-state index in [0.717, 1.165) is 12.2 Å². The molecule has 1 amide bonds. The van der Waals surface area contributed by atoms with Crippen LogP contribution in [-0.4, -0.2) is 46.6 Å². The fraction of sp³-hybridized carbons (Fsp3) is 0.571. The molecule has 5 heteroatoms. The second-order valence-electron chi connectivity index (χ2n) is 5.04. The molecule has 2 unspecified atom stereocenters. The van der Waals surface area contributed by atoms with E-state index in [2.05, 4.69) is 10.3 Å². The van der Waals surface area contributed by atoms with Crippen molar-refractivity contribution in [3.63, 3.8) is 0 Å². The van der Waals surface area contributed by atoms with E-state index in [1.165, 1.54) is 0 Å². The minimum Gasteiger partial charge on any atom is -0.393 e. The van der Waals surface area contributed by atoms with E-state index in [9.17, 15) is 9.90 Å². The fourth-order valence-electron chi connectivity index (χ4n) is 2.34. The maximum Gasteiger partial charge on any atom is 0.272 e. The number of nitrogens with one attached hydrogen (secondary N) is 1. The standard InChI is InChI=1S/C14H21N3O2/c1-3-15-11-4-6-16-12(8-11)14(19)17-7-5-13(18)10(2)9-17/h4,6,8,10,13,18H,3,5,7,9H2,1-2H3,(H,15,16). The molecule has 1 aliphatic heterocycles. The molecule has 104 valence electrons. The Hall–Kier alpha value is -1.62. The van der Waals surface area contributed by atoms with E-state index in [4.69, 9.17) is 0 Å². The van der Waals surface area contributed by atoms with Gasteiger partial charge in [0.05, 0.1) is 6.10 Å². The van der Waals surface area contributed by atoms with Crippen molar-refractivity contribution in [3.8, 4) is 0 Å². The Morgan fingerprint density at radius 3 is 3.11 bits per heavy atom. The number of hydrogen-bond acceptors (Lipinski definition) is 4. The van der Waals surface area contributed by atoms with Gasteiger partial charge in [0.15, 0.2) is 0 Å². The number of nitrogens with zero attached hydrogens (tertiary/aromatic N) is 2. The van der Waals surface area contributed by atoms with Crippen LogP contribution in [0.2, 0.25) is 0 Å². The predicted octanol–water partition coefficient (Wildman–Crippen LogP) is 1.36. The summed E-state index contributed by atoms with van der Waals surface area (Å²) in [5.74, 6) is 0.0631. The molecule has 0 aromatic carbocycles. The monoisotopic (exact) mass is 263 g/mol. The summed E-state index contributed by atoms with van der Waals surface area (Å²) in [5, 5.41) is 12.9. The molecule has 0 saturated carbocycles. The molecule has 5 nitrogen and oxygen atoms in total. The van der Waals surface area contributed by atoms with Crippen molar-refractivity contribution in [1.29, 1.82) is 0 Å². The topological polar surface area (TPSA) is 65.5 Å². The lowest BCUT2D eigenvalue weighted by Gasteiger charge is -2.34. The normalized spacial score (nSPS) is 23.2. The molecular formula is C14H21N3O2. The van der Waals surface area contributed by atoms with E-state index in [0.29, 0.717) is 25.2 Å². The van der Waals surface area contributed by atoms with Gasteiger partial charge >= 0.3 is 0 Å². The van der Waals surface area contributed by atoms with E-state index in [-0.39, 0.29) is 17.9 Å². The number of carbonyl (C=O) groups excluding carboxylic acids is 1. The number of aromatic nitrogens is 1. The Morgan fingerprint density at radius 2 is 2.42 bits per heavy atom. The highest BCUT2D eigenvalue weighted by atomic mass is 16.3. The van der Waals surface area contributed by atoms with Gasteiger partial charge in [-0.25, -0.2) is 0 Å². The van der Waals surface area contributed by atoms with E-state index < -0.39 is 0 Å². The second kappa shape index (κ2) is 6.02. The lowest BCUT2D eigenvalue weighted by molar-refractivity contribution is 0.0294. The van der Waals surface area contributed by atoms with Crippen LogP contribution in [0.5, 0.6) is 0 Å². The average Bonchev–Trinajstić information content (AvgIpc) is 2.42. The van der Waals surface area contributed by atoms with Gasteiger partial charge in [0, 0.05) is 31.5 Å². The molecule has 2 heterocycles. The Kier molecular flexibility index (Phi) is 4.37. The third-order valence-corrected chi connectivity index (χ3v) is 3.51. The average molecular weight is 263 g/mol. The van der Waals surface area contributed by atoms with Crippen molar-refractivity contribution in [2.45, 2.75) is 26.4 Å². The van der Waals surface area contributed by atoms with Crippen LogP contribution >= 0.6 is 0 Å². The van der Waals surface area contributed by atoms with Crippen LogP contribution in [0.25, 0.3) is 0 Å². The van der Waals surface area contributed by atoms with Crippen molar-refractivity contribution >= 4 is 11.6 Å². The molecule has 0 aliphatic carbocycles. The van der Waals surface area contributed by atoms with Gasteiger partial charge in [-0.15, -0.1) is 0 Å². The second-order valence-corrected chi connectivity index (χ2v) is 5.04. The first-order valence-corrected chi connectivity index (χ1v) is 6.79. The summed E-state index contributed by atoms with van der Waals surface area (Å²) in [5.41, 5.74) is 1.37. The number of amides is 1. The predicted molar refractivity (Wildman–Crippen MR) is 74.1 cm³/mol. The molecule has 1 aromatic heterocycles. The molecule has 2 rings (SSSR count). The molecule has 19 heavy (non-hydrogen) atoms. The number of carbonyl (C=O) groups is 1. The van der Waals surface area contributed by atoms with Gasteiger partial charge in [-0.05, 0) is 31.4 Å².